The summed E-state index contributed by atoms with van der Waals surface area (Å²) < 4.78 is 34.1. The summed E-state index contributed by atoms with van der Waals surface area (Å²) in [4.78, 5) is 0. The van der Waals surface area contributed by atoms with Gasteiger partial charge in [-0.15, -0.1) is 0 Å². The van der Waals surface area contributed by atoms with E-state index in [-0.39, 0.29) is 67.8 Å². The maximum Gasteiger partial charge on any atom is 0.0311 e. The topological polar surface area (TPSA) is 364 Å². The van der Waals surface area contributed by atoms with Crippen molar-refractivity contribution < 1.29 is 85.4 Å². The van der Waals surface area contributed by atoms with Gasteiger partial charge in [0.2, 0.25) is 0 Å². The van der Waals surface area contributed by atoms with Crippen LogP contribution in [0.4, 0.5) is 0 Å². The summed E-state index contributed by atoms with van der Waals surface area (Å²) in [6, 6.07) is 0. The molecule has 1 radical (unpaired) electrons. The molecule has 0 aromatic carbocycles. The fraction of sp³-hybridized carbons (Fsp3) is 0. The van der Waals surface area contributed by atoms with E-state index in [9.17, 15) is 0 Å². The molecule has 0 atom stereocenters. The van der Waals surface area contributed by atoms with Crippen molar-refractivity contribution in [2.24, 2.45) is 0 Å². The Morgan fingerprint density at radius 1 is 0.533 bits per heavy atom. The quantitative estimate of drug-likeness (QED) is 0.310. The summed E-state index contributed by atoms with van der Waals surface area (Å²) in [5, 5.41) is 0. The second kappa shape index (κ2) is 65.1. The molecule has 0 unspecified atom stereocenters. The van der Waals surface area contributed by atoms with Crippen LogP contribution in [0.5, 0.6) is 0 Å². The van der Waals surface area contributed by atoms with Crippen molar-refractivity contribution in [1.29, 1.82) is 0 Å². The van der Waals surface area contributed by atoms with Gasteiger partial charge in [-0.3, -0.25) is 8.42 Å². The molecule has 0 aliphatic heterocycles. The molecular weight excluding hydrogens is 291 g/mol. The average molecular weight is 309 g/mol. The molecule has 15 heteroatoms. The van der Waals surface area contributed by atoms with Crippen LogP contribution in [0.2, 0.25) is 0 Å². The van der Waals surface area contributed by atoms with E-state index in [1.165, 1.54) is 0 Å². The molecule has 0 fully saturated rings. The third-order valence-electron chi connectivity index (χ3n) is 0. The normalized spacial score (nSPS) is 3.87. The van der Waals surface area contributed by atoms with Gasteiger partial charge in [-0.1, -0.05) is 0 Å². The van der Waals surface area contributed by atoms with Gasteiger partial charge in [0.1, 0.15) is 0 Å². The molecule has 0 aromatic heterocycles. The predicted molar refractivity (Wildman–Crippen MR) is 43.0 cm³/mol. The Balaban J connectivity index is -0.00000000178. The minimum Gasteiger partial charge on any atom is -0.759 e. The summed E-state index contributed by atoms with van der Waals surface area (Å²) in [6.45, 7) is 0. The zero-order valence-electron chi connectivity index (χ0n) is 6.99. The van der Waals surface area contributed by atoms with Crippen molar-refractivity contribution in [1.82, 2.24) is 0 Å². The van der Waals surface area contributed by atoms with Gasteiger partial charge in [-0.2, -0.15) is 0 Å². The van der Waals surface area contributed by atoms with Gasteiger partial charge in [-0.05, 0) is 0 Å². The molecule has 15 heavy (non-hydrogen) atoms. The zero-order valence-corrected chi connectivity index (χ0v) is 9.20. The van der Waals surface area contributed by atoms with Crippen LogP contribution in [-0.4, -0.2) is 66.8 Å². The third-order valence-corrected chi connectivity index (χ3v) is 0. The Hall–Kier alpha value is 0.0944. The average Bonchev–Trinajstić information content (AvgIpc) is 0.722. The Labute approximate surface area is 96.3 Å². The van der Waals surface area contributed by atoms with E-state index in [1.807, 2.05) is 0 Å². The van der Waals surface area contributed by atoms with Gasteiger partial charge in [0, 0.05) is 29.0 Å². The van der Waals surface area contributed by atoms with Gasteiger partial charge < -0.3 is 58.4 Å². The smallest absolute Gasteiger partial charge is 0.0311 e. The van der Waals surface area contributed by atoms with Crippen LogP contribution in [0.15, 0.2) is 0 Å². The summed E-state index contributed by atoms with van der Waals surface area (Å²) in [7, 11) is -5.17. The molecule has 109 valence electrons. The number of rotatable bonds is 0. The molecule has 13 nitrogen and oxygen atoms in total. The van der Waals surface area contributed by atoms with Gasteiger partial charge in [-0.25, -0.2) is 0 Å². The second-order valence-corrected chi connectivity index (χ2v) is 1.22. The number of hydrogen-bond donors (Lipinski definition) is 0. The van der Waals surface area contributed by atoms with Crippen molar-refractivity contribution in [3.63, 3.8) is 0 Å². The zero-order chi connectivity index (χ0) is 4.50. The molecular formula is H18O13SV-2. The van der Waals surface area contributed by atoms with Crippen LogP contribution in [0, 0.1) is 0 Å². The molecule has 0 saturated carbocycles. The van der Waals surface area contributed by atoms with E-state index >= 15 is 0 Å². The van der Waals surface area contributed by atoms with Crippen LogP contribution in [0.1, 0.15) is 0 Å². The van der Waals surface area contributed by atoms with E-state index in [0.29, 0.717) is 0 Å². The molecule has 0 heterocycles. The van der Waals surface area contributed by atoms with Crippen LogP contribution < -0.4 is 0 Å². The molecule has 0 spiro atoms. The van der Waals surface area contributed by atoms with Crippen LogP contribution >= 0.6 is 0 Å². The van der Waals surface area contributed by atoms with Crippen LogP contribution in [0.25, 0.3) is 0 Å². The van der Waals surface area contributed by atoms with E-state index < -0.39 is 10.4 Å². The molecule has 0 bridgehead atoms. The summed E-state index contributed by atoms with van der Waals surface area (Å²) in [5.74, 6) is 0. The minimum atomic E-state index is -5.17. The maximum atomic E-state index is 8.52. The molecule has 0 aromatic rings. The predicted octanol–water partition coefficient (Wildman–Crippen LogP) is -8.76. The molecule has 0 saturated heterocycles. The molecule has 18 N–H and O–H groups in total. The molecule has 0 amide bonds. The van der Waals surface area contributed by atoms with E-state index in [1.54, 1.807) is 0 Å². The standard InChI is InChI=1S/H2O4S.9H2O.V/c1-5(2,3)4;;;;;;;;;;/h(H2,1,2,3,4);9*1H2;/p-2. The Bertz CT molecular complexity index is 93.7. The summed E-state index contributed by atoms with van der Waals surface area (Å²) >= 11 is 0. The van der Waals surface area contributed by atoms with E-state index in [4.69, 9.17) is 17.5 Å². The van der Waals surface area contributed by atoms with Crippen molar-refractivity contribution in [3.05, 3.63) is 0 Å². The number of hydrogen-bond acceptors (Lipinski definition) is 4. The first-order chi connectivity index (χ1) is 2.00. The molecule has 0 aliphatic rings. The summed E-state index contributed by atoms with van der Waals surface area (Å²) in [6.07, 6.45) is 0. The first-order valence-electron chi connectivity index (χ1n) is 0.667. The minimum absolute atomic E-state index is 0. The van der Waals surface area contributed by atoms with E-state index in [2.05, 4.69) is 0 Å². The fourth-order valence-corrected chi connectivity index (χ4v) is 0. The first-order valence-corrected chi connectivity index (χ1v) is 2.00. The maximum absolute atomic E-state index is 8.52. The second-order valence-electron chi connectivity index (χ2n) is 0.408. The van der Waals surface area contributed by atoms with Gasteiger partial charge in [0.05, 0.1) is 0 Å². The van der Waals surface area contributed by atoms with Crippen LogP contribution in [0.3, 0.4) is 0 Å². The Morgan fingerprint density at radius 3 is 0.533 bits per heavy atom. The Kier molecular flexibility index (Phi) is 776. The monoisotopic (exact) mass is 309 g/mol. The first kappa shape index (κ1) is 179. The summed E-state index contributed by atoms with van der Waals surface area (Å²) in [5.41, 5.74) is 0. The largest absolute Gasteiger partial charge is 0.759 e. The van der Waals surface area contributed by atoms with Gasteiger partial charge in [0.25, 0.3) is 0 Å². The van der Waals surface area contributed by atoms with Crippen molar-refractivity contribution in [3.8, 4) is 0 Å². The van der Waals surface area contributed by atoms with Crippen molar-refractivity contribution >= 4 is 10.4 Å². The SMILES string of the molecule is O.O.O.O.O.O.O.O.O.O=S(=O)([O-])[O-].[V]. The van der Waals surface area contributed by atoms with Gasteiger partial charge in [0.15, 0.2) is 0 Å². The molecule has 0 aliphatic carbocycles. The Morgan fingerprint density at radius 2 is 0.533 bits per heavy atom. The molecule has 0 rings (SSSR count). The third kappa shape index (κ3) is 231000. The fourth-order valence-electron chi connectivity index (χ4n) is 0. The van der Waals surface area contributed by atoms with E-state index in [0.717, 1.165) is 0 Å². The van der Waals surface area contributed by atoms with Crippen molar-refractivity contribution in [2.45, 2.75) is 0 Å². The van der Waals surface area contributed by atoms with Gasteiger partial charge >= 0.3 is 0 Å². The van der Waals surface area contributed by atoms with Crippen LogP contribution in [-0.2, 0) is 29.0 Å². The van der Waals surface area contributed by atoms with Crippen molar-refractivity contribution in [2.75, 3.05) is 0 Å².